The third kappa shape index (κ3) is 2.13. The number of amides is 1. The van der Waals surface area contributed by atoms with Crippen LogP contribution in [0.5, 0.6) is 0 Å². The number of anilines is 2. The molecule has 1 unspecified atom stereocenters. The largest absolute Gasteiger partial charge is 0.397 e. The van der Waals surface area contributed by atoms with E-state index < -0.39 is 0 Å². The van der Waals surface area contributed by atoms with E-state index in [1.54, 1.807) is 0 Å². The van der Waals surface area contributed by atoms with Crippen molar-refractivity contribution in [2.24, 2.45) is 0 Å². The second-order valence-corrected chi connectivity index (χ2v) is 4.31. The molecule has 1 heterocycles. The molecule has 4 nitrogen and oxygen atoms in total. The number of carbonyl (C=O) groups is 1. The van der Waals surface area contributed by atoms with Gasteiger partial charge in [0.2, 0.25) is 5.91 Å². The number of nitrogen functional groups attached to an aromatic ring is 1. The molecule has 0 aromatic heterocycles. The molecule has 1 amide bonds. The van der Waals surface area contributed by atoms with Gasteiger partial charge in [0.1, 0.15) is 0 Å². The number of likely N-dealkylation sites (N-methyl/N-ethyl adjacent to an activating group) is 1. The summed E-state index contributed by atoms with van der Waals surface area (Å²) in [7, 11) is 0. The summed E-state index contributed by atoms with van der Waals surface area (Å²) in [5.74, 6) is 0.0547. The summed E-state index contributed by atoms with van der Waals surface area (Å²) in [6, 6.07) is 5.71. The standard InChI is InChI=1S/C13H19N3O/c1-3-16(4-2)11-8-9-6-5-7-10(14)12(9)15-13(11)17/h5-7,11H,3-4,8,14H2,1-2H3,(H,15,17). The van der Waals surface area contributed by atoms with E-state index in [1.807, 2.05) is 18.2 Å². The molecule has 4 heteroatoms. The van der Waals surface area contributed by atoms with Gasteiger partial charge in [0.15, 0.2) is 0 Å². The predicted molar refractivity (Wildman–Crippen MR) is 69.9 cm³/mol. The second kappa shape index (κ2) is 4.75. The first-order valence-corrected chi connectivity index (χ1v) is 6.09. The molecule has 92 valence electrons. The zero-order valence-corrected chi connectivity index (χ0v) is 10.4. The molecule has 0 bridgehead atoms. The lowest BCUT2D eigenvalue weighted by atomic mass is 9.97. The molecule has 0 radical (unpaired) electrons. The second-order valence-electron chi connectivity index (χ2n) is 4.31. The lowest BCUT2D eigenvalue weighted by Gasteiger charge is -2.33. The van der Waals surface area contributed by atoms with Crippen LogP contribution < -0.4 is 11.1 Å². The quantitative estimate of drug-likeness (QED) is 0.777. The molecular weight excluding hydrogens is 214 g/mol. The summed E-state index contributed by atoms with van der Waals surface area (Å²) >= 11 is 0. The van der Waals surface area contributed by atoms with Gasteiger partial charge in [-0.1, -0.05) is 26.0 Å². The van der Waals surface area contributed by atoms with Crippen LogP contribution in [0.4, 0.5) is 11.4 Å². The van der Waals surface area contributed by atoms with Crippen LogP contribution >= 0.6 is 0 Å². The third-order valence-electron chi connectivity index (χ3n) is 3.40. The Balaban J connectivity index is 2.30. The highest BCUT2D eigenvalue weighted by Gasteiger charge is 2.30. The Morgan fingerprint density at radius 1 is 1.41 bits per heavy atom. The highest BCUT2D eigenvalue weighted by molar-refractivity contribution is 6.00. The van der Waals surface area contributed by atoms with Gasteiger partial charge < -0.3 is 11.1 Å². The first-order valence-electron chi connectivity index (χ1n) is 6.09. The van der Waals surface area contributed by atoms with E-state index in [-0.39, 0.29) is 11.9 Å². The summed E-state index contributed by atoms with van der Waals surface area (Å²) in [6.45, 7) is 5.91. The van der Waals surface area contributed by atoms with Gasteiger partial charge >= 0.3 is 0 Å². The molecule has 0 spiro atoms. The minimum atomic E-state index is -0.0701. The lowest BCUT2D eigenvalue weighted by Crippen LogP contribution is -2.47. The smallest absolute Gasteiger partial charge is 0.242 e. The number of para-hydroxylation sites is 1. The summed E-state index contributed by atoms with van der Waals surface area (Å²) in [4.78, 5) is 14.2. The highest BCUT2D eigenvalue weighted by Crippen LogP contribution is 2.29. The van der Waals surface area contributed by atoms with E-state index in [0.29, 0.717) is 5.69 Å². The Labute approximate surface area is 102 Å². The summed E-state index contributed by atoms with van der Waals surface area (Å²) in [6.07, 6.45) is 0.744. The van der Waals surface area contributed by atoms with Crippen molar-refractivity contribution in [1.29, 1.82) is 0 Å². The average molecular weight is 233 g/mol. The fourth-order valence-electron chi connectivity index (χ4n) is 2.41. The van der Waals surface area contributed by atoms with Crippen molar-refractivity contribution < 1.29 is 4.79 Å². The molecule has 17 heavy (non-hydrogen) atoms. The molecule has 1 atom stereocenters. The molecule has 1 aliphatic heterocycles. The SMILES string of the molecule is CCN(CC)C1Cc2cccc(N)c2NC1=O. The van der Waals surface area contributed by atoms with Crippen molar-refractivity contribution in [3.8, 4) is 0 Å². The van der Waals surface area contributed by atoms with Crippen LogP contribution in [0.2, 0.25) is 0 Å². The fourth-order valence-corrected chi connectivity index (χ4v) is 2.41. The third-order valence-corrected chi connectivity index (χ3v) is 3.40. The van der Waals surface area contributed by atoms with Gasteiger partial charge in [0.25, 0.3) is 0 Å². The number of hydrogen-bond acceptors (Lipinski definition) is 3. The number of nitrogens with zero attached hydrogens (tertiary/aromatic N) is 1. The van der Waals surface area contributed by atoms with Crippen molar-refractivity contribution in [2.75, 3.05) is 24.1 Å². The van der Waals surface area contributed by atoms with E-state index in [9.17, 15) is 4.79 Å². The Morgan fingerprint density at radius 3 is 2.76 bits per heavy atom. The van der Waals surface area contributed by atoms with Crippen molar-refractivity contribution >= 4 is 17.3 Å². The molecule has 0 saturated carbocycles. The Morgan fingerprint density at radius 2 is 2.12 bits per heavy atom. The topological polar surface area (TPSA) is 58.4 Å². The predicted octanol–water partition coefficient (Wildman–Crippen LogP) is 1.47. The van der Waals surface area contributed by atoms with Crippen LogP contribution in [-0.2, 0) is 11.2 Å². The number of rotatable bonds is 3. The fraction of sp³-hybridized carbons (Fsp3) is 0.462. The van der Waals surface area contributed by atoms with Crippen LogP contribution in [-0.4, -0.2) is 29.9 Å². The summed E-state index contributed by atoms with van der Waals surface area (Å²) in [5, 5.41) is 2.92. The zero-order valence-electron chi connectivity index (χ0n) is 10.4. The highest BCUT2D eigenvalue weighted by atomic mass is 16.2. The number of fused-ring (bicyclic) bond motifs is 1. The van der Waals surface area contributed by atoms with Crippen LogP contribution in [0.25, 0.3) is 0 Å². The van der Waals surface area contributed by atoms with Gasteiger partial charge in [0.05, 0.1) is 17.4 Å². The number of carbonyl (C=O) groups excluding carboxylic acids is 1. The van der Waals surface area contributed by atoms with E-state index in [0.717, 1.165) is 30.8 Å². The van der Waals surface area contributed by atoms with Crippen LogP contribution in [0.15, 0.2) is 18.2 Å². The molecular formula is C13H19N3O. The summed E-state index contributed by atoms with van der Waals surface area (Å²) in [5.41, 5.74) is 8.43. The normalized spacial score (nSPS) is 19.0. The molecule has 1 aliphatic rings. The molecule has 1 aromatic carbocycles. The van der Waals surface area contributed by atoms with Crippen LogP contribution in [0, 0.1) is 0 Å². The van der Waals surface area contributed by atoms with Crippen molar-refractivity contribution in [3.05, 3.63) is 23.8 Å². The Bertz CT molecular complexity index is 427. The van der Waals surface area contributed by atoms with Gasteiger partial charge in [-0.05, 0) is 31.1 Å². The lowest BCUT2D eigenvalue weighted by molar-refractivity contribution is -0.121. The molecule has 2 rings (SSSR count). The first kappa shape index (κ1) is 11.9. The minimum absolute atomic E-state index is 0.0547. The van der Waals surface area contributed by atoms with E-state index in [4.69, 9.17) is 5.73 Å². The number of nitrogens with two attached hydrogens (primary N) is 1. The zero-order chi connectivity index (χ0) is 12.4. The first-order chi connectivity index (χ1) is 8.17. The van der Waals surface area contributed by atoms with E-state index in [1.165, 1.54) is 0 Å². The number of nitrogens with one attached hydrogen (secondary N) is 1. The molecule has 1 aromatic rings. The van der Waals surface area contributed by atoms with Crippen LogP contribution in [0.1, 0.15) is 19.4 Å². The molecule has 0 saturated heterocycles. The Hall–Kier alpha value is -1.55. The maximum Gasteiger partial charge on any atom is 0.242 e. The molecule has 0 aliphatic carbocycles. The molecule has 0 fully saturated rings. The Kier molecular flexibility index (Phi) is 3.33. The van der Waals surface area contributed by atoms with Crippen molar-refractivity contribution in [3.63, 3.8) is 0 Å². The monoisotopic (exact) mass is 233 g/mol. The number of benzene rings is 1. The van der Waals surface area contributed by atoms with Crippen molar-refractivity contribution in [2.45, 2.75) is 26.3 Å². The van der Waals surface area contributed by atoms with Gasteiger partial charge in [-0.25, -0.2) is 0 Å². The average Bonchev–Trinajstić information content (AvgIpc) is 2.33. The van der Waals surface area contributed by atoms with Gasteiger partial charge in [-0.3, -0.25) is 9.69 Å². The minimum Gasteiger partial charge on any atom is -0.397 e. The molecule has 3 N–H and O–H groups in total. The van der Waals surface area contributed by atoms with Crippen LogP contribution in [0.3, 0.4) is 0 Å². The van der Waals surface area contributed by atoms with E-state index in [2.05, 4.69) is 24.1 Å². The van der Waals surface area contributed by atoms with Gasteiger partial charge in [-0.2, -0.15) is 0 Å². The maximum absolute atomic E-state index is 12.1. The van der Waals surface area contributed by atoms with Gasteiger partial charge in [0, 0.05) is 0 Å². The van der Waals surface area contributed by atoms with E-state index >= 15 is 0 Å². The summed E-state index contributed by atoms with van der Waals surface area (Å²) < 4.78 is 0. The van der Waals surface area contributed by atoms with Gasteiger partial charge in [-0.15, -0.1) is 0 Å². The number of hydrogen-bond donors (Lipinski definition) is 2. The van der Waals surface area contributed by atoms with Crippen molar-refractivity contribution in [1.82, 2.24) is 4.90 Å². The maximum atomic E-state index is 12.1.